The van der Waals surface area contributed by atoms with Gasteiger partial charge in [0.2, 0.25) is 5.91 Å². The first kappa shape index (κ1) is 20.9. The molecule has 136 valence electrons. The summed E-state index contributed by atoms with van der Waals surface area (Å²) in [6.07, 6.45) is 4.21. The fourth-order valence-electron chi connectivity index (χ4n) is 3.16. The van der Waals surface area contributed by atoms with Crippen LogP contribution in [0.15, 0.2) is 24.3 Å². The number of nitrogens with two attached hydrogens (primary N) is 1. The lowest BCUT2D eigenvalue weighted by Crippen LogP contribution is -2.52. The summed E-state index contributed by atoms with van der Waals surface area (Å²) >= 11 is 0. The van der Waals surface area contributed by atoms with Gasteiger partial charge in [-0.2, -0.15) is 0 Å². The summed E-state index contributed by atoms with van der Waals surface area (Å²) < 4.78 is 18.7. The summed E-state index contributed by atoms with van der Waals surface area (Å²) in [5.41, 5.74) is 6.01. The first-order valence-corrected chi connectivity index (χ1v) is 8.47. The molecule has 1 heterocycles. The van der Waals surface area contributed by atoms with Crippen LogP contribution in [0.25, 0.3) is 0 Å². The molecule has 6 heteroatoms. The summed E-state index contributed by atoms with van der Waals surface area (Å²) in [5, 5.41) is 3.11. The zero-order chi connectivity index (χ0) is 16.7. The molecule has 0 aromatic heterocycles. The van der Waals surface area contributed by atoms with Crippen LogP contribution in [0, 0.1) is 5.82 Å². The van der Waals surface area contributed by atoms with E-state index in [2.05, 4.69) is 12.2 Å². The second-order valence-electron chi connectivity index (χ2n) is 6.25. The van der Waals surface area contributed by atoms with Crippen LogP contribution < -0.4 is 11.1 Å². The van der Waals surface area contributed by atoms with E-state index >= 15 is 0 Å². The highest BCUT2D eigenvalue weighted by molar-refractivity contribution is 5.88. The highest BCUT2D eigenvalue weighted by Crippen LogP contribution is 2.35. The van der Waals surface area contributed by atoms with Crippen LogP contribution in [0.4, 0.5) is 4.39 Å². The minimum absolute atomic E-state index is 0. The number of halogens is 2. The predicted octanol–water partition coefficient (Wildman–Crippen LogP) is 2.93. The van der Waals surface area contributed by atoms with E-state index < -0.39 is 5.41 Å². The van der Waals surface area contributed by atoms with Gasteiger partial charge in [0.1, 0.15) is 5.82 Å². The van der Waals surface area contributed by atoms with Gasteiger partial charge in [0.25, 0.3) is 0 Å². The Hall–Kier alpha value is -1.17. The molecule has 0 spiro atoms. The van der Waals surface area contributed by atoms with Crippen molar-refractivity contribution in [3.05, 3.63) is 35.6 Å². The number of nitrogens with one attached hydrogen (secondary N) is 1. The number of hydrogen-bond acceptors (Lipinski definition) is 3. The number of carbonyl (C=O) groups excluding carboxylic acids is 1. The maximum atomic E-state index is 13.2. The normalized spacial score (nSPS) is 17.6. The average Bonchev–Trinajstić information content (AvgIpc) is 2.59. The SMILES string of the molecule is CCCCC(CN)NC(=O)C1(c2ccc(F)cc2)CCOCC1.Cl. The molecular weight excluding hydrogens is 331 g/mol. The smallest absolute Gasteiger partial charge is 0.231 e. The van der Waals surface area contributed by atoms with Crippen molar-refractivity contribution in [3.63, 3.8) is 0 Å². The summed E-state index contributed by atoms with van der Waals surface area (Å²) in [5.74, 6) is -0.307. The van der Waals surface area contributed by atoms with E-state index in [-0.39, 0.29) is 30.2 Å². The summed E-state index contributed by atoms with van der Waals surface area (Å²) in [7, 11) is 0. The Morgan fingerprint density at radius 2 is 1.96 bits per heavy atom. The van der Waals surface area contributed by atoms with E-state index in [1.807, 2.05) is 0 Å². The standard InChI is InChI=1S/C18H27FN2O2.ClH/c1-2-3-4-16(13-20)21-17(22)18(9-11-23-12-10-18)14-5-7-15(19)8-6-14;/h5-8,16H,2-4,9-13,20H2,1H3,(H,21,22);1H. The molecule has 1 unspecified atom stereocenters. The zero-order valence-electron chi connectivity index (χ0n) is 14.2. The molecule has 0 saturated carbocycles. The quantitative estimate of drug-likeness (QED) is 0.787. The van der Waals surface area contributed by atoms with Crippen molar-refractivity contribution in [2.75, 3.05) is 19.8 Å². The molecule has 0 aliphatic carbocycles. The highest BCUT2D eigenvalue weighted by Gasteiger charge is 2.42. The first-order chi connectivity index (χ1) is 11.1. The van der Waals surface area contributed by atoms with E-state index in [0.717, 1.165) is 24.8 Å². The van der Waals surface area contributed by atoms with E-state index in [9.17, 15) is 9.18 Å². The number of benzene rings is 1. The van der Waals surface area contributed by atoms with Gasteiger partial charge in [0.15, 0.2) is 0 Å². The Kier molecular flexibility index (Phi) is 8.67. The van der Waals surface area contributed by atoms with Crippen molar-refractivity contribution >= 4 is 18.3 Å². The van der Waals surface area contributed by atoms with Gasteiger partial charge >= 0.3 is 0 Å². The molecular formula is C18H28ClFN2O2. The van der Waals surface area contributed by atoms with Gasteiger partial charge in [0, 0.05) is 25.8 Å². The van der Waals surface area contributed by atoms with Gasteiger partial charge in [-0.05, 0) is 37.0 Å². The van der Waals surface area contributed by atoms with Gasteiger partial charge in [-0.1, -0.05) is 31.9 Å². The first-order valence-electron chi connectivity index (χ1n) is 8.47. The van der Waals surface area contributed by atoms with E-state index in [4.69, 9.17) is 10.5 Å². The molecule has 3 N–H and O–H groups in total. The lowest BCUT2D eigenvalue weighted by atomic mass is 9.73. The van der Waals surface area contributed by atoms with Gasteiger partial charge in [-0.3, -0.25) is 4.79 Å². The Morgan fingerprint density at radius 3 is 2.50 bits per heavy atom. The summed E-state index contributed by atoms with van der Waals surface area (Å²) in [4.78, 5) is 13.0. The molecule has 1 amide bonds. The number of amides is 1. The molecule has 1 aromatic rings. The minimum Gasteiger partial charge on any atom is -0.381 e. The predicted molar refractivity (Wildman–Crippen MR) is 95.9 cm³/mol. The van der Waals surface area contributed by atoms with Crippen LogP contribution in [0.2, 0.25) is 0 Å². The van der Waals surface area contributed by atoms with E-state index in [1.54, 1.807) is 12.1 Å². The largest absolute Gasteiger partial charge is 0.381 e. The van der Waals surface area contributed by atoms with Crippen molar-refractivity contribution in [1.82, 2.24) is 5.32 Å². The molecule has 1 fully saturated rings. The van der Waals surface area contributed by atoms with Crippen LogP contribution in [-0.4, -0.2) is 31.7 Å². The molecule has 0 radical (unpaired) electrons. The molecule has 1 aromatic carbocycles. The Morgan fingerprint density at radius 1 is 1.33 bits per heavy atom. The maximum Gasteiger partial charge on any atom is 0.231 e. The molecule has 1 aliphatic heterocycles. The van der Waals surface area contributed by atoms with Crippen LogP contribution in [0.3, 0.4) is 0 Å². The molecule has 1 aliphatic rings. The lowest BCUT2D eigenvalue weighted by molar-refractivity contribution is -0.131. The van der Waals surface area contributed by atoms with Crippen molar-refractivity contribution in [2.24, 2.45) is 5.73 Å². The monoisotopic (exact) mass is 358 g/mol. The van der Waals surface area contributed by atoms with Crippen molar-refractivity contribution in [1.29, 1.82) is 0 Å². The van der Waals surface area contributed by atoms with Crippen LogP contribution >= 0.6 is 12.4 Å². The maximum absolute atomic E-state index is 13.2. The van der Waals surface area contributed by atoms with Crippen molar-refractivity contribution in [2.45, 2.75) is 50.5 Å². The number of unbranched alkanes of at least 4 members (excludes halogenated alkanes) is 1. The third-order valence-corrected chi connectivity index (χ3v) is 4.70. The molecule has 24 heavy (non-hydrogen) atoms. The Bertz CT molecular complexity index is 504. The number of rotatable bonds is 7. The highest BCUT2D eigenvalue weighted by atomic mass is 35.5. The van der Waals surface area contributed by atoms with Gasteiger partial charge in [-0.25, -0.2) is 4.39 Å². The van der Waals surface area contributed by atoms with Gasteiger partial charge < -0.3 is 15.8 Å². The summed E-state index contributed by atoms with van der Waals surface area (Å²) in [6.45, 7) is 3.62. The molecule has 4 nitrogen and oxygen atoms in total. The zero-order valence-corrected chi connectivity index (χ0v) is 15.0. The third-order valence-electron chi connectivity index (χ3n) is 4.70. The summed E-state index contributed by atoms with van der Waals surface area (Å²) in [6, 6.07) is 6.24. The van der Waals surface area contributed by atoms with Crippen LogP contribution in [0.5, 0.6) is 0 Å². The fourth-order valence-corrected chi connectivity index (χ4v) is 3.16. The van der Waals surface area contributed by atoms with Crippen molar-refractivity contribution < 1.29 is 13.9 Å². The topological polar surface area (TPSA) is 64.3 Å². The fraction of sp³-hybridized carbons (Fsp3) is 0.611. The van der Waals surface area contributed by atoms with E-state index in [1.165, 1.54) is 12.1 Å². The van der Waals surface area contributed by atoms with E-state index in [0.29, 0.717) is 32.6 Å². The molecule has 1 atom stereocenters. The van der Waals surface area contributed by atoms with Crippen molar-refractivity contribution in [3.8, 4) is 0 Å². The molecule has 1 saturated heterocycles. The van der Waals surface area contributed by atoms with Crippen LogP contribution in [-0.2, 0) is 14.9 Å². The second kappa shape index (κ2) is 9.97. The number of carbonyl (C=O) groups is 1. The third kappa shape index (κ3) is 4.91. The molecule has 0 bridgehead atoms. The lowest BCUT2D eigenvalue weighted by Gasteiger charge is -2.37. The van der Waals surface area contributed by atoms with Gasteiger partial charge in [0.05, 0.1) is 5.41 Å². The number of ether oxygens (including phenoxy) is 1. The number of hydrogen-bond donors (Lipinski definition) is 2. The van der Waals surface area contributed by atoms with Gasteiger partial charge in [-0.15, -0.1) is 12.4 Å². The van der Waals surface area contributed by atoms with Crippen LogP contribution in [0.1, 0.15) is 44.6 Å². The Labute approximate surface area is 149 Å². The average molecular weight is 359 g/mol. The molecule has 2 rings (SSSR count). The minimum atomic E-state index is -0.647. The second-order valence-corrected chi connectivity index (χ2v) is 6.25. The Balaban J connectivity index is 0.00000288.